The molecule has 3 aromatic rings. The number of aromatic nitrogens is 2. The van der Waals surface area contributed by atoms with Crippen molar-refractivity contribution in [3.05, 3.63) is 60.8 Å². The number of imidazole rings is 1. The Bertz CT molecular complexity index is 794. The molecule has 0 atom stereocenters. The van der Waals surface area contributed by atoms with E-state index in [-0.39, 0.29) is 0 Å². The number of benzene rings is 2. The molecule has 1 aromatic heterocycles. The zero-order valence-corrected chi connectivity index (χ0v) is 14.4. The summed E-state index contributed by atoms with van der Waals surface area (Å²) in [5, 5.41) is 0. The number of likely N-dealkylation sites (N-methyl/N-ethyl adjacent to an activating group) is 1. The molecule has 4 heteroatoms. The SMILES string of the molecule is CN(C)CCOc1ccccc1-c1cn(C)c(-c2ccccc2)n1. The first-order chi connectivity index (χ1) is 11.6. The van der Waals surface area contributed by atoms with Crippen molar-refractivity contribution in [3.63, 3.8) is 0 Å². The minimum Gasteiger partial charge on any atom is -0.492 e. The molecule has 0 fully saturated rings. The highest BCUT2D eigenvalue weighted by Crippen LogP contribution is 2.31. The molecule has 124 valence electrons. The number of rotatable bonds is 6. The summed E-state index contributed by atoms with van der Waals surface area (Å²) in [5.74, 6) is 1.82. The van der Waals surface area contributed by atoms with Gasteiger partial charge < -0.3 is 14.2 Å². The summed E-state index contributed by atoms with van der Waals surface area (Å²) < 4.78 is 8.02. The predicted octanol–water partition coefficient (Wildman–Crippen LogP) is 3.69. The molecular formula is C20H23N3O. The molecule has 0 unspecified atom stereocenters. The first-order valence-corrected chi connectivity index (χ1v) is 8.11. The van der Waals surface area contributed by atoms with E-state index in [1.165, 1.54) is 0 Å². The zero-order valence-electron chi connectivity index (χ0n) is 14.4. The fourth-order valence-corrected chi connectivity index (χ4v) is 2.59. The lowest BCUT2D eigenvalue weighted by molar-refractivity contribution is 0.262. The van der Waals surface area contributed by atoms with Gasteiger partial charge in [-0.15, -0.1) is 0 Å². The number of para-hydroxylation sites is 1. The summed E-state index contributed by atoms with van der Waals surface area (Å²) in [4.78, 5) is 6.93. The molecule has 0 amide bonds. The molecule has 0 saturated carbocycles. The summed E-state index contributed by atoms with van der Waals surface area (Å²) >= 11 is 0. The van der Waals surface area contributed by atoms with Crippen molar-refractivity contribution < 1.29 is 4.74 Å². The van der Waals surface area contributed by atoms with Crippen LogP contribution in [0, 0.1) is 0 Å². The number of hydrogen-bond acceptors (Lipinski definition) is 3. The van der Waals surface area contributed by atoms with E-state index < -0.39 is 0 Å². The van der Waals surface area contributed by atoms with Crippen LogP contribution in [0.3, 0.4) is 0 Å². The third-order valence-electron chi connectivity index (χ3n) is 3.87. The van der Waals surface area contributed by atoms with Gasteiger partial charge in [0, 0.05) is 30.9 Å². The highest BCUT2D eigenvalue weighted by molar-refractivity contribution is 5.70. The molecule has 24 heavy (non-hydrogen) atoms. The molecule has 0 aliphatic rings. The molecule has 0 aliphatic heterocycles. The van der Waals surface area contributed by atoms with E-state index in [0.29, 0.717) is 6.61 Å². The molecule has 0 radical (unpaired) electrons. The number of nitrogens with zero attached hydrogens (tertiary/aromatic N) is 3. The van der Waals surface area contributed by atoms with E-state index in [1.807, 2.05) is 57.5 Å². The Morgan fingerprint density at radius 2 is 1.71 bits per heavy atom. The van der Waals surface area contributed by atoms with Crippen LogP contribution in [0.4, 0.5) is 0 Å². The Morgan fingerprint density at radius 3 is 2.46 bits per heavy atom. The fraction of sp³-hybridized carbons (Fsp3) is 0.250. The van der Waals surface area contributed by atoms with Crippen LogP contribution in [0.15, 0.2) is 60.8 Å². The van der Waals surface area contributed by atoms with E-state index in [1.54, 1.807) is 0 Å². The topological polar surface area (TPSA) is 30.3 Å². The lowest BCUT2D eigenvalue weighted by atomic mass is 10.1. The minimum atomic E-state index is 0.655. The second kappa shape index (κ2) is 7.32. The molecule has 0 aliphatic carbocycles. The van der Waals surface area contributed by atoms with Crippen molar-refractivity contribution >= 4 is 0 Å². The van der Waals surface area contributed by atoms with Crippen LogP contribution < -0.4 is 4.74 Å². The molecule has 0 N–H and O–H groups in total. The molecule has 4 nitrogen and oxygen atoms in total. The van der Waals surface area contributed by atoms with Crippen LogP contribution in [-0.4, -0.2) is 41.7 Å². The lowest BCUT2D eigenvalue weighted by Gasteiger charge is -2.13. The minimum absolute atomic E-state index is 0.655. The predicted molar refractivity (Wildman–Crippen MR) is 98.1 cm³/mol. The van der Waals surface area contributed by atoms with Crippen molar-refractivity contribution in [2.24, 2.45) is 7.05 Å². The fourth-order valence-electron chi connectivity index (χ4n) is 2.59. The van der Waals surface area contributed by atoms with Crippen LogP contribution in [0.25, 0.3) is 22.6 Å². The molecule has 3 rings (SSSR count). The van der Waals surface area contributed by atoms with Crippen molar-refractivity contribution in [2.75, 3.05) is 27.2 Å². The lowest BCUT2D eigenvalue weighted by Crippen LogP contribution is -2.19. The van der Waals surface area contributed by atoms with Crippen LogP contribution in [0.1, 0.15) is 0 Å². The number of hydrogen-bond donors (Lipinski definition) is 0. The van der Waals surface area contributed by atoms with Gasteiger partial charge in [-0.3, -0.25) is 0 Å². The zero-order chi connectivity index (χ0) is 16.9. The van der Waals surface area contributed by atoms with E-state index in [0.717, 1.165) is 34.9 Å². The van der Waals surface area contributed by atoms with Crippen molar-refractivity contribution in [1.29, 1.82) is 0 Å². The maximum absolute atomic E-state index is 5.97. The molecule has 0 saturated heterocycles. The quantitative estimate of drug-likeness (QED) is 0.693. The maximum atomic E-state index is 5.97. The largest absolute Gasteiger partial charge is 0.492 e. The third-order valence-corrected chi connectivity index (χ3v) is 3.87. The second-order valence-electron chi connectivity index (χ2n) is 6.07. The van der Waals surface area contributed by atoms with E-state index in [4.69, 9.17) is 9.72 Å². The molecule has 1 heterocycles. The van der Waals surface area contributed by atoms with Gasteiger partial charge in [-0.25, -0.2) is 4.98 Å². The van der Waals surface area contributed by atoms with Crippen LogP contribution in [0.5, 0.6) is 5.75 Å². The van der Waals surface area contributed by atoms with Gasteiger partial charge in [0.25, 0.3) is 0 Å². The first kappa shape index (κ1) is 16.3. The van der Waals surface area contributed by atoms with Crippen molar-refractivity contribution in [1.82, 2.24) is 14.5 Å². The second-order valence-corrected chi connectivity index (χ2v) is 6.07. The normalized spacial score (nSPS) is 11.0. The summed E-state index contributed by atoms with van der Waals surface area (Å²) in [5.41, 5.74) is 3.06. The summed E-state index contributed by atoms with van der Waals surface area (Å²) in [6.07, 6.45) is 2.05. The Labute approximate surface area is 143 Å². The van der Waals surface area contributed by atoms with Gasteiger partial charge in [0.1, 0.15) is 18.2 Å². The third kappa shape index (κ3) is 3.66. The Balaban J connectivity index is 1.90. The maximum Gasteiger partial charge on any atom is 0.140 e. The molecule has 0 spiro atoms. The van der Waals surface area contributed by atoms with Gasteiger partial charge in [0.2, 0.25) is 0 Å². The average molecular weight is 321 g/mol. The van der Waals surface area contributed by atoms with Crippen LogP contribution in [-0.2, 0) is 7.05 Å². The monoisotopic (exact) mass is 321 g/mol. The highest BCUT2D eigenvalue weighted by Gasteiger charge is 2.13. The van der Waals surface area contributed by atoms with Crippen LogP contribution >= 0.6 is 0 Å². The van der Waals surface area contributed by atoms with Gasteiger partial charge in [-0.1, -0.05) is 42.5 Å². The van der Waals surface area contributed by atoms with Crippen molar-refractivity contribution in [3.8, 4) is 28.4 Å². The summed E-state index contributed by atoms with van der Waals surface area (Å²) in [6, 6.07) is 18.3. The van der Waals surface area contributed by atoms with Crippen molar-refractivity contribution in [2.45, 2.75) is 0 Å². The Kier molecular flexibility index (Phi) is 4.96. The standard InChI is InChI=1S/C20H23N3O/c1-22(2)13-14-24-19-12-8-7-11-17(19)18-15-23(3)20(21-18)16-9-5-4-6-10-16/h4-12,15H,13-14H2,1-3H3. The first-order valence-electron chi connectivity index (χ1n) is 8.11. The Hall–Kier alpha value is -2.59. The number of aryl methyl sites for hydroxylation is 1. The van der Waals surface area contributed by atoms with Crippen LogP contribution in [0.2, 0.25) is 0 Å². The molecule has 2 aromatic carbocycles. The smallest absolute Gasteiger partial charge is 0.140 e. The van der Waals surface area contributed by atoms with Gasteiger partial charge in [-0.2, -0.15) is 0 Å². The summed E-state index contributed by atoms with van der Waals surface area (Å²) in [7, 11) is 6.11. The van der Waals surface area contributed by atoms with E-state index in [2.05, 4.69) is 33.9 Å². The molecule has 0 bridgehead atoms. The highest BCUT2D eigenvalue weighted by atomic mass is 16.5. The van der Waals surface area contributed by atoms with Gasteiger partial charge in [-0.05, 0) is 26.2 Å². The van der Waals surface area contributed by atoms with E-state index in [9.17, 15) is 0 Å². The average Bonchev–Trinajstić information content (AvgIpc) is 2.97. The van der Waals surface area contributed by atoms with Gasteiger partial charge >= 0.3 is 0 Å². The number of ether oxygens (including phenoxy) is 1. The Morgan fingerprint density at radius 1 is 1.00 bits per heavy atom. The van der Waals surface area contributed by atoms with E-state index >= 15 is 0 Å². The molecular weight excluding hydrogens is 298 g/mol. The van der Waals surface area contributed by atoms with Gasteiger partial charge in [0.15, 0.2) is 0 Å². The summed E-state index contributed by atoms with van der Waals surface area (Å²) in [6.45, 7) is 1.54. The van der Waals surface area contributed by atoms with Gasteiger partial charge in [0.05, 0.1) is 5.69 Å².